The van der Waals surface area contributed by atoms with Crippen LogP contribution in [-0.2, 0) is 0 Å². The fraction of sp³-hybridized carbons (Fsp3) is 0.118. The van der Waals surface area contributed by atoms with Crippen LogP contribution in [0.1, 0.15) is 5.56 Å². The number of rotatable bonds is 2. The molecule has 0 radical (unpaired) electrons. The lowest BCUT2D eigenvalue weighted by Gasteiger charge is -2.12. The fourth-order valence-corrected chi connectivity index (χ4v) is 4.01. The van der Waals surface area contributed by atoms with Gasteiger partial charge in [0, 0.05) is 34.3 Å². The quantitative estimate of drug-likeness (QED) is 0.625. The van der Waals surface area contributed by atoms with E-state index in [1.807, 2.05) is 26.2 Å². The minimum Gasteiger partial charge on any atom is -0.378 e. The third kappa shape index (κ3) is 2.55. The van der Waals surface area contributed by atoms with Crippen molar-refractivity contribution in [3.8, 4) is 16.5 Å². The van der Waals surface area contributed by atoms with Gasteiger partial charge in [-0.15, -0.1) is 11.3 Å². The Morgan fingerprint density at radius 1 is 1.10 bits per heavy atom. The highest BCUT2D eigenvalue weighted by Gasteiger charge is 2.14. The van der Waals surface area contributed by atoms with E-state index in [2.05, 4.69) is 57.2 Å². The second-order valence-corrected chi connectivity index (χ2v) is 6.97. The van der Waals surface area contributed by atoms with Crippen molar-refractivity contribution in [2.24, 2.45) is 0 Å². The monoisotopic (exact) mass is 356 g/mol. The summed E-state index contributed by atoms with van der Waals surface area (Å²) in [5.41, 5.74) is 3.01. The predicted molar refractivity (Wildman–Crippen MR) is 94.0 cm³/mol. The zero-order chi connectivity index (χ0) is 15.0. The first-order valence-electron chi connectivity index (χ1n) is 6.50. The predicted octanol–water partition coefficient (Wildman–Crippen LogP) is 5.27. The molecule has 0 amide bonds. The molecule has 104 valence electrons. The maximum atomic E-state index is 9.52. The molecular formula is C17H13BrN2S. The number of fused-ring (bicyclic) bond motifs is 1. The standard InChI is InChI=1S/C17H13BrN2S/c1-20(2)13-6-3-11(4-7-13)17-15(10-19)14-8-5-12(18)9-16(14)21-17/h3-9H,1-2H3. The van der Waals surface area contributed by atoms with Crippen LogP contribution in [0.4, 0.5) is 5.69 Å². The first-order chi connectivity index (χ1) is 10.1. The molecule has 4 heteroatoms. The van der Waals surface area contributed by atoms with E-state index in [1.54, 1.807) is 11.3 Å². The summed E-state index contributed by atoms with van der Waals surface area (Å²) in [6, 6.07) is 16.7. The van der Waals surface area contributed by atoms with E-state index >= 15 is 0 Å². The van der Waals surface area contributed by atoms with Gasteiger partial charge in [0.15, 0.2) is 0 Å². The molecule has 0 unspecified atom stereocenters. The molecule has 3 aromatic rings. The van der Waals surface area contributed by atoms with Gasteiger partial charge in [-0.25, -0.2) is 0 Å². The van der Waals surface area contributed by atoms with Crippen LogP contribution >= 0.6 is 27.3 Å². The van der Waals surface area contributed by atoms with Crippen molar-refractivity contribution in [2.45, 2.75) is 0 Å². The van der Waals surface area contributed by atoms with Crippen molar-refractivity contribution in [1.82, 2.24) is 0 Å². The summed E-state index contributed by atoms with van der Waals surface area (Å²) in [4.78, 5) is 3.10. The van der Waals surface area contributed by atoms with E-state index in [-0.39, 0.29) is 0 Å². The molecule has 0 aliphatic rings. The van der Waals surface area contributed by atoms with Gasteiger partial charge in [-0.2, -0.15) is 5.26 Å². The minimum atomic E-state index is 0.764. The first kappa shape index (κ1) is 14.1. The minimum absolute atomic E-state index is 0.764. The summed E-state index contributed by atoms with van der Waals surface area (Å²) in [6.07, 6.45) is 0. The number of hydrogen-bond donors (Lipinski definition) is 0. The lowest BCUT2D eigenvalue weighted by Crippen LogP contribution is -2.07. The number of nitrogens with zero attached hydrogens (tertiary/aromatic N) is 2. The van der Waals surface area contributed by atoms with Crippen molar-refractivity contribution in [2.75, 3.05) is 19.0 Å². The van der Waals surface area contributed by atoms with Crippen LogP contribution in [0.25, 0.3) is 20.5 Å². The number of nitriles is 1. The molecule has 21 heavy (non-hydrogen) atoms. The van der Waals surface area contributed by atoms with Crippen LogP contribution in [0.3, 0.4) is 0 Å². The van der Waals surface area contributed by atoms with Crippen molar-refractivity contribution < 1.29 is 0 Å². The maximum Gasteiger partial charge on any atom is 0.101 e. The Labute approximate surface area is 136 Å². The Bertz CT molecular complexity index is 842. The van der Waals surface area contributed by atoms with Crippen molar-refractivity contribution in [3.63, 3.8) is 0 Å². The van der Waals surface area contributed by atoms with Crippen LogP contribution in [0.5, 0.6) is 0 Å². The van der Waals surface area contributed by atoms with E-state index in [1.165, 1.54) is 0 Å². The Morgan fingerprint density at radius 2 is 1.81 bits per heavy atom. The van der Waals surface area contributed by atoms with Gasteiger partial charge < -0.3 is 4.90 Å². The second kappa shape index (κ2) is 5.51. The summed E-state index contributed by atoms with van der Waals surface area (Å²) < 4.78 is 2.17. The Balaban J connectivity index is 2.18. The van der Waals surface area contributed by atoms with Gasteiger partial charge in [-0.05, 0) is 29.8 Å². The summed E-state index contributed by atoms with van der Waals surface area (Å²) in [5, 5.41) is 10.5. The molecule has 1 heterocycles. The molecule has 0 bridgehead atoms. The number of thiophene rings is 1. The molecule has 0 aliphatic carbocycles. The van der Waals surface area contributed by atoms with E-state index in [4.69, 9.17) is 0 Å². The average Bonchev–Trinajstić information content (AvgIpc) is 2.84. The summed E-state index contributed by atoms with van der Waals surface area (Å²) >= 11 is 5.15. The van der Waals surface area contributed by atoms with Gasteiger partial charge in [-0.3, -0.25) is 0 Å². The van der Waals surface area contributed by atoms with Crippen LogP contribution in [-0.4, -0.2) is 14.1 Å². The second-order valence-electron chi connectivity index (χ2n) is 5.00. The van der Waals surface area contributed by atoms with Gasteiger partial charge >= 0.3 is 0 Å². The topological polar surface area (TPSA) is 27.0 Å². The lowest BCUT2D eigenvalue weighted by atomic mass is 10.1. The van der Waals surface area contributed by atoms with Crippen LogP contribution in [0, 0.1) is 11.3 Å². The Kier molecular flexibility index (Phi) is 3.71. The van der Waals surface area contributed by atoms with Crippen LogP contribution in [0.2, 0.25) is 0 Å². The molecule has 2 nitrogen and oxygen atoms in total. The molecular weight excluding hydrogens is 344 g/mol. The van der Waals surface area contributed by atoms with Crippen LogP contribution in [0.15, 0.2) is 46.9 Å². The molecule has 0 saturated heterocycles. The number of anilines is 1. The average molecular weight is 357 g/mol. The SMILES string of the molecule is CN(C)c1ccc(-c2sc3cc(Br)ccc3c2C#N)cc1. The van der Waals surface area contributed by atoms with Gasteiger partial charge in [0.25, 0.3) is 0 Å². The fourth-order valence-electron chi connectivity index (χ4n) is 2.30. The third-order valence-electron chi connectivity index (χ3n) is 3.41. The molecule has 0 fully saturated rings. The highest BCUT2D eigenvalue weighted by Crippen LogP contribution is 2.39. The third-order valence-corrected chi connectivity index (χ3v) is 5.10. The van der Waals surface area contributed by atoms with E-state index in [0.29, 0.717) is 0 Å². The largest absolute Gasteiger partial charge is 0.378 e. The molecule has 1 aromatic heterocycles. The van der Waals surface area contributed by atoms with E-state index < -0.39 is 0 Å². The molecule has 0 N–H and O–H groups in total. The van der Waals surface area contributed by atoms with E-state index in [0.717, 1.165) is 36.3 Å². The van der Waals surface area contributed by atoms with Gasteiger partial charge in [0.05, 0.1) is 10.4 Å². The highest BCUT2D eigenvalue weighted by atomic mass is 79.9. The maximum absolute atomic E-state index is 9.52. The Morgan fingerprint density at radius 3 is 2.43 bits per heavy atom. The van der Waals surface area contributed by atoms with Crippen molar-refractivity contribution >= 4 is 43.0 Å². The van der Waals surface area contributed by atoms with Gasteiger partial charge in [0.1, 0.15) is 6.07 Å². The Hall–Kier alpha value is -1.83. The molecule has 0 spiro atoms. The number of benzene rings is 2. The zero-order valence-electron chi connectivity index (χ0n) is 11.7. The van der Waals surface area contributed by atoms with Crippen LogP contribution < -0.4 is 4.90 Å². The van der Waals surface area contributed by atoms with Gasteiger partial charge in [0.2, 0.25) is 0 Å². The lowest BCUT2D eigenvalue weighted by molar-refractivity contribution is 1.13. The number of halogens is 1. The molecule has 0 saturated carbocycles. The molecule has 0 atom stereocenters. The van der Waals surface area contributed by atoms with Crippen molar-refractivity contribution in [3.05, 3.63) is 52.5 Å². The summed E-state index contributed by atoms with van der Waals surface area (Å²) in [5.74, 6) is 0. The number of hydrogen-bond acceptors (Lipinski definition) is 3. The van der Waals surface area contributed by atoms with Gasteiger partial charge in [-0.1, -0.05) is 34.1 Å². The molecule has 3 rings (SSSR count). The first-order valence-corrected chi connectivity index (χ1v) is 8.11. The van der Waals surface area contributed by atoms with E-state index in [9.17, 15) is 5.26 Å². The van der Waals surface area contributed by atoms with Crippen molar-refractivity contribution in [1.29, 1.82) is 5.26 Å². The summed E-state index contributed by atoms with van der Waals surface area (Å²) in [7, 11) is 4.04. The molecule has 2 aromatic carbocycles. The smallest absolute Gasteiger partial charge is 0.101 e. The normalized spacial score (nSPS) is 10.6. The highest BCUT2D eigenvalue weighted by molar-refractivity contribution is 9.10. The summed E-state index contributed by atoms with van der Waals surface area (Å²) in [6.45, 7) is 0. The zero-order valence-corrected chi connectivity index (χ0v) is 14.1. The molecule has 0 aliphatic heterocycles.